The molecular formula is C14H19N3O3S2. The molecule has 0 fully saturated rings. The molecule has 0 bridgehead atoms. The highest BCUT2D eigenvalue weighted by Crippen LogP contribution is 2.32. The number of nitrogens with zero attached hydrogens (tertiary/aromatic N) is 3. The lowest BCUT2D eigenvalue weighted by molar-refractivity contribution is 0.303. The number of sulfonamides is 1. The van der Waals surface area contributed by atoms with Crippen molar-refractivity contribution in [2.24, 2.45) is 5.92 Å². The van der Waals surface area contributed by atoms with Crippen LogP contribution in [0.1, 0.15) is 12.2 Å². The van der Waals surface area contributed by atoms with Gasteiger partial charge in [0, 0.05) is 39.0 Å². The molecule has 1 aliphatic heterocycles. The van der Waals surface area contributed by atoms with E-state index in [2.05, 4.69) is 9.55 Å². The molecule has 0 saturated carbocycles. The largest absolute Gasteiger partial charge is 0.494 e. The van der Waals surface area contributed by atoms with Crippen LogP contribution >= 0.6 is 11.3 Å². The summed E-state index contributed by atoms with van der Waals surface area (Å²) in [6, 6.07) is 1.68. The monoisotopic (exact) mass is 341 g/mol. The molecule has 0 aromatic carbocycles. The van der Waals surface area contributed by atoms with Crippen LogP contribution in [0.4, 0.5) is 0 Å². The van der Waals surface area contributed by atoms with E-state index < -0.39 is 10.0 Å². The van der Waals surface area contributed by atoms with Crippen molar-refractivity contribution in [1.29, 1.82) is 0 Å². The van der Waals surface area contributed by atoms with Crippen molar-refractivity contribution in [3.63, 3.8) is 0 Å². The first-order chi connectivity index (χ1) is 10.5. The van der Waals surface area contributed by atoms with Crippen LogP contribution in [0.2, 0.25) is 0 Å². The zero-order chi connectivity index (χ0) is 15.7. The van der Waals surface area contributed by atoms with Crippen molar-refractivity contribution >= 4 is 21.4 Å². The highest BCUT2D eigenvalue weighted by Gasteiger charge is 2.29. The minimum Gasteiger partial charge on any atom is -0.494 e. The first kappa shape index (κ1) is 15.5. The maximum atomic E-state index is 12.7. The van der Waals surface area contributed by atoms with E-state index in [4.69, 9.17) is 4.74 Å². The third-order valence-electron chi connectivity index (χ3n) is 4.01. The lowest BCUT2D eigenvalue weighted by Crippen LogP contribution is -2.35. The first-order valence-electron chi connectivity index (χ1n) is 7.10. The SMILES string of the molecule is COc1ccsc1S(=O)(=O)N(C)C[C@H]1CCc2nccn2C1. The van der Waals surface area contributed by atoms with Gasteiger partial charge in [0.15, 0.2) is 4.21 Å². The topological polar surface area (TPSA) is 64.4 Å². The normalized spacial score (nSPS) is 18.4. The van der Waals surface area contributed by atoms with Gasteiger partial charge in [-0.1, -0.05) is 0 Å². The van der Waals surface area contributed by atoms with Crippen LogP contribution in [0.5, 0.6) is 5.75 Å². The van der Waals surface area contributed by atoms with Crippen molar-refractivity contribution in [3.05, 3.63) is 29.7 Å². The summed E-state index contributed by atoms with van der Waals surface area (Å²) in [6.07, 6.45) is 5.61. The molecular weight excluding hydrogens is 322 g/mol. The third kappa shape index (κ3) is 2.78. The van der Waals surface area contributed by atoms with Crippen LogP contribution in [0, 0.1) is 5.92 Å². The van der Waals surface area contributed by atoms with Crippen LogP contribution in [-0.2, 0) is 23.0 Å². The number of rotatable bonds is 5. The van der Waals surface area contributed by atoms with Crippen molar-refractivity contribution in [1.82, 2.24) is 13.9 Å². The zero-order valence-corrected chi connectivity index (χ0v) is 14.2. The van der Waals surface area contributed by atoms with Gasteiger partial charge in [-0.05, 0) is 23.8 Å². The Morgan fingerprint density at radius 2 is 2.36 bits per heavy atom. The summed E-state index contributed by atoms with van der Waals surface area (Å²) in [5, 5.41) is 1.73. The van der Waals surface area contributed by atoms with Gasteiger partial charge in [0.25, 0.3) is 10.0 Å². The predicted molar refractivity (Wildman–Crippen MR) is 84.7 cm³/mol. The van der Waals surface area contributed by atoms with Gasteiger partial charge in [0.2, 0.25) is 0 Å². The second-order valence-corrected chi connectivity index (χ2v) is 8.62. The summed E-state index contributed by atoms with van der Waals surface area (Å²) in [4.78, 5) is 4.30. The Bertz CT molecular complexity index is 751. The molecule has 0 amide bonds. The highest BCUT2D eigenvalue weighted by molar-refractivity contribution is 7.91. The van der Waals surface area contributed by atoms with E-state index >= 15 is 0 Å². The summed E-state index contributed by atoms with van der Waals surface area (Å²) in [6.45, 7) is 1.32. The maximum absolute atomic E-state index is 12.7. The van der Waals surface area contributed by atoms with Gasteiger partial charge >= 0.3 is 0 Å². The smallest absolute Gasteiger partial charge is 0.256 e. The van der Waals surface area contributed by atoms with Crippen molar-refractivity contribution in [2.75, 3.05) is 20.7 Å². The Balaban J connectivity index is 1.73. The molecule has 1 atom stereocenters. The van der Waals surface area contributed by atoms with Gasteiger partial charge in [-0.3, -0.25) is 0 Å². The average Bonchev–Trinajstić information content (AvgIpc) is 3.15. The number of fused-ring (bicyclic) bond motifs is 1. The Labute approximate surface area is 134 Å². The minimum atomic E-state index is -3.50. The van der Waals surface area contributed by atoms with E-state index in [-0.39, 0.29) is 4.21 Å². The highest BCUT2D eigenvalue weighted by atomic mass is 32.2. The number of aromatic nitrogens is 2. The maximum Gasteiger partial charge on any atom is 0.256 e. The number of hydrogen-bond donors (Lipinski definition) is 0. The molecule has 2 aromatic rings. The van der Waals surface area contributed by atoms with Crippen LogP contribution in [0.3, 0.4) is 0 Å². The van der Waals surface area contributed by atoms with Gasteiger partial charge < -0.3 is 9.30 Å². The van der Waals surface area contributed by atoms with Gasteiger partial charge in [-0.15, -0.1) is 11.3 Å². The minimum absolute atomic E-state index is 0.275. The molecule has 22 heavy (non-hydrogen) atoms. The van der Waals surface area contributed by atoms with E-state index in [0.717, 1.165) is 25.2 Å². The van der Waals surface area contributed by atoms with Crippen molar-refractivity contribution in [2.45, 2.75) is 23.6 Å². The summed E-state index contributed by atoms with van der Waals surface area (Å²) >= 11 is 1.19. The quantitative estimate of drug-likeness (QED) is 0.832. The molecule has 8 heteroatoms. The Morgan fingerprint density at radius 1 is 1.55 bits per heavy atom. The number of methoxy groups -OCH3 is 1. The van der Waals surface area contributed by atoms with E-state index in [1.54, 1.807) is 24.7 Å². The fourth-order valence-corrected chi connectivity index (χ4v) is 5.53. The summed E-state index contributed by atoms with van der Waals surface area (Å²) < 4.78 is 34.3. The molecule has 0 spiro atoms. The number of hydrogen-bond acceptors (Lipinski definition) is 5. The van der Waals surface area contributed by atoms with Crippen LogP contribution in [-0.4, -0.2) is 43.0 Å². The fourth-order valence-electron chi connectivity index (χ4n) is 2.81. The van der Waals surface area contributed by atoms with Gasteiger partial charge in [-0.25, -0.2) is 13.4 Å². The second kappa shape index (κ2) is 6.02. The van der Waals surface area contributed by atoms with Gasteiger partial charge in [-0.2, -0.15) is 4.31 Å². The third-order valence-corrected chi connectivity index (χ3v) is 7.26. The van der Waals surface area contributed by atoms with E-state index in [9.17, 15) is 8.42 Å². The van der Waals surface area contributed by atoms with Gasteiger partial charge in [0.1, 0.15) is 11.6 Å². The number of ether oxygens (including phenoxy) is 1. The van der Waals surface area contributed by atoms with E-state index in [1.165, 1.54) is 22.8 Å². The number of thiophene rings is 1. The van der Waals surface area contributed by atoms with Crippen molar-refractivity contribution < 1.29 is 13.2 Å². The Kier molecular flexibility index (Phi) is 4.24. The van der Waals surface area contributed by atoms with Gasteiger partial charge in [0.05, 0.1) is 7.11 Å². The van der Waals surface area contributed by atoms with Crippen LogP contribution in [0.25, 0.3) is 0 Å². The van der Waals surface area contributed by atoms with E-state index in [1.807, 2.05) is 6.20 Å². The first-order valence-corrected chi connectivity index (χ1v) is 9.42. The van der Waals surface area contributed by atoms with Crippen LogP contribution in [0.15, 0.2) is 28.0 Å². The Hall–Kier alpha value is -1.38. The Morgan fingerprint density at radius 3 is 3.14 bits per heavy atom. The standard InChI is InChI=1S/C14H19N3O3S2/c1-16(22(18,19)14-12(20-2)5-8-21-14)9-11-3-4-13-15-6-7-17(13)10-11/h5-8,11H,3-4,9-10H2,1-2H3/t11-/m1/s1. The lowest BCUT2D eigenvalue weighted by atomic mass is 10.00. The molecule has 0 unspecified atom stereocenters. The molecule has 120 valence electrons. The molecule has 3 heterocycles. The van der Waals surface area contributed by atoms with Crippen molar-refractivity contribution in [3.8, 4) is 5.75 Å². The summed E-state index contributed by atoms with van der Waals surface area (Å²) in [5.41, 5.74) is 0. The molecule has 2 aromatic heterocycles. The number of imidazole rings is 1. The van der Waals surface area contributed by atoms with E-state index in [0.29, 0.717) is 18.2 Å². The number of aryl methyl sites for hydroxylation is 1. The molecule has 6 nitrogen and oxygen atoms in total. The molecule has 0 N–H and O–H groups in total. The average molecular weight is 341 g/mol. The fraction of sp³-hybridized carbons (Fsp3) is 0.500. The second-order valence-electron chi connectivity index (χ2n) is 5.46. The lowest BCUT2D eigenvalue weighted by Gasteiger charge is -2.27. The molecule has 0 radical (unpaired) electrons. The molecule has 0 saturated heterocycles. The molecule has 1 aliphatic rings. The zero-order valence-electron chi connectivity index (χ0n) is 12.6. The predicted octanol–water partition coefficient (Wildman–Crippen LogP) is 1.84. The summed E-state index contributed by atoms with van der Waals surface area (Å²) in [5.74, 6) is 1.80. The molecule has 0 aliphatic carbocycles. The molecule has 3 rings (SSSR count). The summed E-state index contributed by atoms with van der Waals surface area (Å²) in [7, 11) is -0.374. The van der Waals surface area contributed by atoms with Crippen LogP contribution < -0.4 is 4.74 Å².